The molecule has 0 aliphatic carbocycles. The molecule has 1 N–H and O–H groups in total. The molecular formula is C18H20N4O2. The van der Waals surface area contributed by atoms with Crippen LogP contribution >= 0.6 is 0 Å². The molecule has 2 atom stereocenters. The van der Waals surface area contributed by atoms with E-state index in [1.807, 2.05) is 42.3 Å². The van der Waals surface area contributed by atoms with Gasteiger partial charge < -0.3 is 10.2 Å². The predicted molar refractivity (Wildman–Crippen MR) is 89.2 cm³/mol. The molecule has 3 heterocycles. The number of benzene rings is 1. The lowest BCUT2D eigenvalue weighted by Crippen LogP contribution is -2.48. The Morgan fingerprint density at radius 3 is 2.88 bits per heavy atom. The lowest BCUT2D eigenvalue weighted by atomic mass is 9.91. The maximum atomic E-state index is 13.2. The van der Waals surface area contributed by atoms with E-state index < -0.39 is 0 Å². The standard InChI is InChI=1S/C18H20N4O2/c1-21-11-14(16(20-21)12-6-3-2-4-7-12)18(24)22-9-5-8-13-15(22)10-19-17(13)23/h2-4,6-7,11,13,15H,5,8-10H2,1H3,(H,19,23)/t13-,15-/m1/s1. The highest BCUT2D eigenvalue weighted by atomic mass is 16.2. The number of carbonyl (C=O) groups excluding carboxylic acids is 2. The van der Waals surface area contributed by atoms with E-state index in [0.29, 0.717) is 24.3 Å². The summed E-state index contributed by atoms with van der Waals surface area (Å²) >= 11 is 0. The Hall–Kier alpha value is -2.63. The summed E-state index contributed by atoms with van der Waals surface area (Å²) in [4.78, 5) is 27.0. The Bertz CT molecular complexity index is 784. The fourth-order valence-corrected chi connectivity index (χ4v) is 3.81. The summed E-state index contributed by atoms with van der Waals surface area (Å²) in [7, 11) is 1.82. The summed E-state index contributed by atoms with van der Waals surface area (Å²) in [6, 6.07) is 9.70. The number of aryl methyl sites for hydroxylation is 1. The predicted octanol–water partition coefficient (Wildman–Crippen LogP) is 1.44. The molecule has 2 aromatic rings. The van der Waals surface area contributed by atoms with Crippen molar-refractivity contribution in [2.24, 2.45) is 13.0 Å². The summed E-state index contributed by atoms with van der Waals surface area (Å²) in [5, 5.41) is 7.38. The maximum Gasteiger partial charge on any atom is 0.258 e. The zero-order chi connectivity index (χ0) is 16.7. The first-order valence-electron chi connectivity index (χ1n) is 8.33. The van der Waals surface area contributed by atoms with Crippen molar-refractivity contribution in [2.45, 2.75) is 18.9 Å². The summed E-state index contributed by atoms with van der Waals surface area (Å²) in [5.74, 6) is -0.0281. The van der Waals surface area contributed by atoms with Crippen molar-refractivity contribution < 1.29 is 9.59 Å². The molecule has 0 unspecified atom stereocenters. The lowest BCUT2D eigenvalue weighted by Gasteiger charge is -2.35. The third-order valence-electron chi connectivity index (χ3n) is 4.97. The van der Waals surface area contributed by atoms with Gasteiger partial charge in [0, 0.05) is 31.9 Å². The van der Waals surface area contributed by atoms with Crippen molar-refractivity contribution >= 4 is 11.8 Å². The summed E-state index contributed by atoms with van der Waals surface area (Å²) in [6.07, 6.45) is 3.50. The topological polar surface area (TPSA) is 67.2 Å². The van der Waals surface area contributed by atoms with Crippen LogP contribution in [0.1, 0.15) is 23.2 Å². The van der Waals surface area contributed by atoms with Gasteiger partial charge in [-0.05, 0) is 12.8 Å². The number of amides is 2. The highest BCUT2D eigenvalue weighted by Gasteiger charge is 2.43. The van der Waals surface area contributed by atoms with Gasteiger partial charge in [0.15, 0.2) is 0 Å². The van der Waals surface area contributed by atoms with Crippen LogP contribution in [-0.2, 0) is 11.8 Å². The fraction of sp³-hybridized carbons (Fsp3) is 0.389. The minimum Gasteiger partial charge on any atom is -0.354 e. The third kappa shape index (κ3) is 2.38. The molecule has 2 aliphatic heterocycles. The number of aromatic nitrogens is 2. The molecular weight excluding hydrogens is 304 g/mol. The SMILES string of the molecule is Cn1cc(C(=O)N2CCC[C@H]3C(=O)NC[C@H]32)c(-c2ccccc2)n1. The van der Waals surface area contributed by atoms with Crippen LogP contribution in [-0.4, -0.2) is 45.6 Å². The van der Waals surface area contributed by atoms with E-state index in [-0.39, 0.29) is 23.8 Å². The monoisotopic (exact) mass is 324 g/mol. The van der Waals surface area contributed by atoms with Crippen molar-refractivity contribution in [2.75, 3.05) is 13.1 Å². The number of carbonyl (C=O) groups is 2. The Kier molecular flexibility index (Phi) is 3.59. The normalized spacial score (nSPS) is 23.0. The molecule has 6 heteroatoms. The smallest absolute Gasteiger partial charge is 0.258 e. The second-order valence-electron chi connectivity index (χ2n) is 6.49. The third-order valence-corrected chi connectivity index (χ3v) is 4.97. The van der Waals surface area contributed by atoms with Gasteiger partial charge in [-0.3, -0.25) is 14.3 Å². The van der Waals surface area contributed by atoms with Gasteiger partial charge in [0.05, 0.1) is 17.5 Å². The van der Waals surface area contributed by atoms with Crippen LogP contribution in [0, 0.1) is 5.92 Å². The minimum absolute atomic E-state index is 0.0341. The molecule has 0 radical (unpaired) electrons. The average molecular weight is 324 g/mol. The van der Waals surface area contributed by atoms with Crippen LogP contribution in [0.4, 0.5) is 0 Å². The van der Waals surface area contributed by atoms with Gasteiger partial charge in [0.25, 0.3) is 5.91 Å². The Morgan fingerprint density at radius 2 is 2.08 bits per heavy atom. The number of hydrogen-bond donors (Lipinski definition) is 1. The molecule has 124 valence electrons. The number of rotatable bonds is 2. The first-order valence-corrected chi connectivity index (χ1v) is 8.33. The van der Waals surface area contributed by atoms with Crippen LogP contribution in [0.5, 0.6) is 0 Å². The molecule has 0 spiro atoms. The lowest BCUT2D eigenvalue weighted by molar-refractivity contribution is -0.123. The highest BCUT2D eigenvalue weighted by molar-refractivity contribution is 6.00. The number of nitrogens with one attached hydrogen (secondary N) is 1. The van der Waals surface area contributed by atoms with Crippen LogP contribution in [0.15, 0.2) is 36.5 Å². The van der Waals surface area contributed by atoms with Gasteiger partial charge in [-0.1, -0.05) is 30.3 Å². The number of hydrogen-bond acceptors (Lipinski definition) is 3. The molecule has 2 amide bonds. The van der Waals surface area contributed by atoms with Crippen LogP contribution < -0.4 is 5.32 Å². The fourth-order valence-electron chi connectivity index (χ4n) is 3.81. The Balaban J connectivity index is 1.69. The second kappa shape index (κ2) is 5.78. The molecule has 2 fully saturated rings. The van der Waals surface area contributed by atoms with Gasteiger partial charge >= 0.3 is 0 Å². The molecule has 1 aromatic heterocycles. The van der Waals surface area contributed by atoms with E-state index in [4.69, 9.17) is 0 Å². The zero-order valence-electron chi connectivity index (χ0n) is 13.6. The number of nitrogens with zero attached hydrogens (tertiary/aromatic N) is 3. The number of fused-ring (bicyclic) bond motifs is 1. The number of likely N-dealkylation sites (tertiary alicyclic amines) is 1. The molecule has 2 saturated heterocycles. The zero-order valence-corrected chi connectivity index (χ0v) is 13.6. The molecule has 0 bridgehead atoms. The minimum atomic E-state index is -0.0699. The molecule has 6 nitrogen and oxygen atoms in total. The number of piperidine rings is 1. The van der Waals surface area contributed by atoms with Crippen molar-refractivity contribution in [1.82, 2.24) is 20.0 Å². The molecule has 24 heavy (non-hydrogen) atoms. The van der Waals surface area contributed by atoms with E-state index in [2.05, 4.69) is 10.4 Å². The van der Waals surface area contributed by atoms with Crippen LogP contribution in [0.2, 0.25) is 0 Å². The summed E-state index contributed by atoms with van der Waals surface area (Å²) < 4.78 is 1.68. The van der Waals surface area contributed by atoms with E-state index in [0.717, 1.165) is 18.4 Å². The van der Waals surface area contributed by atoms with Gasteiger partial charge in [0.2, 0.25) is 5.91 Å². The Labute approximate surface area is 140 Å². The van der Waals surface area contributed by atoms with Crippen molar-refractivity contribution in [3.8, 4) is 11.3 Å². The highest BCUT2D eigenvalue weighted by Crippen LogP contribution is 2.30. The first-order chi connectivity index (χ1) is 11.6. The quantitative estimate of drug-likeness (QED) is 0.909. The average Bonchev–Trinajstić information content (AvgIpc) is 3.18. The summed E-state index contributed by atoms with van der Waals surface area (Å²) in [6.45, 7) is 1.24. The molecule has 1 aromatic carbocycles. The Morgan fingerprint density at radius 1 is 1.29 bits per heavy atom. The summed E-state index contributed by atoms with van der Waals surface area (Å²) in [5.41, 5.74) is 2.22. The van der Waals surface area contributed by atoms with Gasteiger partial charge in [-0.15, -0.1) is 0 Å². The van der Waals surface area contributed by atoms with Crippen molar-refractivity contribution in [3.63, 3.8) is 0 Å². The van der Waals surface area contributed by atoms with E-state index >= 15 is 0 Å². The van der Waals surface area contributed by atoms with Crippen molar-refractivity contribution in [1.29, 1.82) is 0 Å². The first kappa shape index (κ1) is 14.9. The van der Waals surface area contributed by atoms with Crippen molar-refractivity contribution in [3.05, 3.63) is 42.1 Å². The largest absolute Gasteiger partial charge is 0.354 e. The van der Waals surface area contributed by atoms with E-state index in [1.165, 1.54) is 0 Å². The van der Waals surface area contributed by atoms with Crippen LogP contribution in [0.3, 0.4) is 0 Å². The van der Waals surface area contributed by atoms with Gasteiger partial charge in [-0.25, -0.2) is 0 Å². The van der Waals surface area contributed by atoms with Gasteiger partial charge in [0.1, 0.15) is 5.69 Å². The van der Waals surface area contributed by atoms with E-state index in [1.54, 1.807) is 10.9 Å². The molecule has 0 saturated carbocycles. The maximum absolute atomic E-state index is 13.2. The van der Waals surface area contributed by atoms with E-state index in [9.17, 15) is 9.59 Å². The second-order valence-corrected chi connectivity index (χ2v) is 6.49. The molecule has 4 rings (SSSR count). The van der Waals surface area contributed by atoms with Crippen LogP contribution in [0.25, 0.3) is 11.3 Å². The van der Waals surface area contributed by atoms with Gasteiger partial charge in [-0.2, -0.15) is 5.10 Å². The molecule has 2 aliphatic rings.